The number of nitrogens with zero attached hydrogens (tertiary/aromatic N) is 1. The molecule has 1 N–H and O–H groups in total. The molecule has 1 aromatic heterocycles. The second-order valence-corrected chi connectivity index (χ2v) is 5.01. The van der Waals surface area contributed by atoms with E-state index in [1.165, 1.54) is 18.5 Å². The van der Waals surface area contributed by atoms with Crippen molar-refractivity contribution in [2.45, 2.75) is 32.0 Å². The first-order chi connectivity index (χ1) is 6.75. The maximum atomic E-state index is 3.61. The van der Waals surface area contributed by atoms with E-state index < -0.39 is 0 Å². The summed E-state index contributed by atoms with van der Waals surface area (Å²) in [7, 11) is 2.21. The van der Waals surface area contributed by atoms with Gasteiger partial charge < -0.3 is 10.2 Å². The molecule has 78 valence electrons. The van der Waals surface area contributed by atoms with Gasteiger partial charge in [0.2, 0.25) is 0 Å². The van der Waals surface area contributed by atoms with E-state index in [2.05, 4.69) is 41.0 Å². The molecule has 0 radical (unpaired) electrons. The molecule has 2 heterocycles. The summed E-state index contributed by atoms with van der Waals surface area (Å²) in [5, 5.41) is 7.97. The van der Waals surface area contributed by atoms with Crippen LogP contribution in [0.15, 0.2) is 16.8 Å². The molecule has 0 spiro atoms. The Kier molecular flexibility index (Phi) is 3.21. The highest BCUT2D eigenvalue weighted by atomic mass is 32.1. The van der Waals surface area contributed by atoms with Gasteiger partial charge in [-0.25, -0.2) is 0 Å². The van der Waals surface area contributed by atoms with Gasteiger partial charge in [0.25, 0.3) is 0 Å². The van der Waals surface area contributed by atoms with E-state index in [4.69, 9.17) is 0 Å². The summed E-state index contributed by atoms with van der Waals surface area (Å²) in [6.07, 6.45) is 1.28. The molecule has 1 saturated heterocycles. The molecule has 1 aromatic rings. The van der Waals surface area contributed by atoms with Gasteiger partial charge in [-0.05, 0) is 42.8 Å². The zero-order valence-corrected chi connectivity index (χ0v) is 9.68. The Morgan fingerprint density at radius 3 is 3.07 bits per heavy atom. The SMILES string of the molecule is CC1CC(NCc2ccsc2)CN1C. The highest BCUT2D eigenvalue weighted by Crippen LogP contribution is 2.15. The Balaban J connectivity index is 1.77. The van der Waals surface area contributed by atoms with Crippen molar-refractivity contribution in [2.75, 3.05) is 13.6 Å². The summed E-state index contributed by atoms with van der Waals surface area (Å²) in [5.74, 6) is 0. The fraction of sp³-hybridized carbons (Fsp3) is 0.636. The van der Waals surface area contributed by atoms with Crippen molar-refractivity contribution in [3.63, 3.8) is 0 Å². The monoisotopic (exact) mass is 210 g/mol. The van der Waals surface area contributed by atoms with Gasteiger partial charge in [-0.1, -0.05) is 0 Å². The summed E-state index contributed by atoms with van der Waals surface area (Å²) in [6.45, 7) is 4.51. The summed E-state index contributed by atoms with van der Waals surface area (Å²) in [6, 6.07) is 3.60. The molecule has 1 aliphatic heterocycles. The molecular formula is C11H18N2S. The second kappa shape index (κ2) is 4.43. The topological polar surface area (TPSA) is 15.3 Å². The minimum absolute atomic E-state index is 0.676. The Bertz CT molecular complexity index is 261. The van der Waals surface area contributed by atoms with E-state index in [9.17, 15) is 0 Å². The van der Waals surface area contributed by atoms with Crippen molar-refractivity contribution in [3.8, 4) is 0 Å². The molecule has 2 nitrogen and oxygen atoms in total. The van der Waals surface area contributed by atoms with Crippen molar-refractivity contribution in [3.05, 3.63) is 22.4 Å². The number of thiophene rings is 1. The highest BCUT2D eigenvalue weighted by molar-refractivity contribution is 7.07. The van der Waals surface area contributed by atoms with Crippen LogP contribution in [0, 0.1) is 0 Å². The average molecular weight is 210 g/mol. The molecule has 1 aliphatic rings. The number of nitrogens with one attached hydrogen (secondary N) is 1. The van der Waals surface area contributed by atoms with Gasteiger partial charge in [-0.2, -0.15) is 11.3 Å². The van der Waals surface area contributed by atoms with E-state index in [0.717, 1.165) is 12.6 Å². The smallest absolute Gasteiger partial charge is 0.0216 e. The van der Waals surface area contributed by atoms with Gasteiger partial charge in [0.1, 0.15) is 0 Å². The molecule has 1 fully saturated rings. The highest BCUT2D eigenvalue weighted by Gasteiger charge is 2.25. The molecule has 2 atom stereocenters. The Morgan fingerprint density at radius 2 is 2.50 bits per heavy atom. The molecule has 14 heavy (non-hydrogen) atoms. The first-order valence-electron chi connectivity index (χ1n) is 5.20. The van der Waals surface area contributed by atoms with Crippen LogP contribution in [0.1, 0.15) is 18.9 Å². The predicted molar refractivity (Wildman–Crippen MR) is 61.7 cm³/mol. The molecule has 0 bridgehead atoms. The number of hydrogen-bond acceptors (Lipinski definition) is 3. The second-order valence-electron chi connectivity index (χ2n) is 4.23. The lowest BCUT2D eigenvalue weighted by molar-refractivity contribution is 0.326. The number of hydrogen-bond donors (Lipinski definition) is 1. The van der Waals surface area contributed by atoms with Gasteiger partial charge >= 0.3 is 0 Å². The Hall–Kier alpha value is -0.380. The van der Waals surface area contributed by atoms with Crippen LogP contribution in [0.3, 0.4) is 0 Å². The van der Waals surface area contributed by atoms with Gasteiger partial charge in [0, 0.05) is 25.2 Å². The fourth-order valence-corrected chi connectivity index (χ4v) is 2.67. The first kappa shape index (κ1) is 10.1. The van der Waals surface area contributed by atoms with Crippen molar-refractivity contribution in [1.29, 1.82) is 0 Å². The van der Waals surface area contributed by atoms with Crippen molar-refractivity contribution in [2.24, 2.45) is 0 Å². The van der Waals surface area contributed by atoms with E-state index in [1.54, 1.807) is 11.3 Å². The lowest BCUT2D eigenvalue weighted by atomic mass is 10.2. The van der Waals surface area contributed by atoms with Crippen LogP contribution in [0.4, 0.5) is 0 Å². The van der Waals surface area contributed by atoms with Crippen LogP contribution >= 0.6 is 11.3 Å². The van der Waals surface area contributed by atoms with Gasteiger partial charge in [-0.3, -0.25) is 0 Å². The van der Waals surface area contributed by atoms with Crippen LogP contribution in [-0.2, 0) is 6.54 Å². The third-order valence-electron chi connectivity index (χ3n) is 3.06. The largest absolute Gasteiger partial charge is 0.309 e. The van der Waals surface area contributed by atoms with Crippen molar-refractivity contribution < 1.29 is 0 Å². The summed E-state index contributed by atoms with van der Waals surface area (Å²) in [4.78, 5) is 2.42. The standard InChI is InChI=1S/C11H18N2S/c1-9-5-11(7-13(9)2)12-6-10-3-4-14-8-10/h3-4,8-9,11-12H,5-7H2,1-2H3. The zero-order chi connectivity index (χ0) is 9.97. The van der Waals surface area contributed by atoms with Crippen molar-refractivity contribution in [1.82, 2.24) is 10.2 Å². The lowest BCUT2D eigenvalue weighted by Crippen LogP contribution is -2.30. The number of likely N-dealkylation sites (tertiary alicyclic amines) is 1. The molecule has 2 unspecified atom stereocenters. The van der Waals surface area contributed by atoms with Gasteiger partial charge in [-0.15, -0.1) is 0 Å². The lowest BCUT2D eigenvalue weighted by Gasteiger charge is -2.13. The molecular weight excluding hydrogens is 192 g/mol. The van der Waals surface area contributed by atoms with Gasteiger partial charge in [0.15, 0.2) is 0 Å². The van der Waals surface area contributed by atoms with Crippen LogP contribution in [0.5, 0.6) is 0 Å². The molecule has 2 rings (SSSR count). The zero-order valence-electron chi connectivity index (χ0n) is 8.86. The fourth-order valence-electron chi connectivity index (χ4n) is 2.00. The maximum absolute atomic E-state index is 3.61. The van der Waals surface area contributed by atoms with Crippen molar-refractivity contribution >= 4 is 11.3 Å². The van der Waals surface area contributed by atoms with E-state index >= 15 is 0 Å². The third kappa shape index (κ3) is 2.35. The normalized spacial score (nSPS) is 28.4. The van der Waals surface area contributed by atoms with Gasteiger partial charge in [0.05, 0.1) is 0 Å². The summed E-state index contributed by atoms with van der Waals surface area (Å²) >= 11 is 1.77. The molecule has 0 aliphatic carbocycles. The molecule has 0 amide bonds. The van der Waals surface area contributed by atoms with E-state index in [0.29, 0.717) is 6.04 Å². The number of rotatable bonds is 3. The summed E-state index contributed by atoms with van der Waals surface area (Å²) in [5.41, 5.74) is 1.41. The van der Waals surface area contributed by atoms with Crippen LogP contribution in [0.2, 0.25) is 0 Å². The Labute approximate surface area is 89.9 Å². The third-order valence-corrected chi connectivity index (χ3v) is 3.79. The van der Waals surface area contributed by atoms with E-state index in [-0.39, 0.29) is 0 Å². The molecule has 3 heteroatoms. The van der Waals surface area contributed by atoms with Crippen LogP contribution in [0.25, 0.3) is 0 Å². The van der Waals surface area contributed by atoms with Crippen LogP contribution < -0.4 is 5.32 Å². The minimum atomic E-state index is 0.676. The quantitative estimate of drug-likeness (QED) is 0.820. The first-order valence-corrected chi connectivity index (χ1v) is 6.14. The molecule has 0 aromatic carbocycles. The summed E-state index contributed by atoms with van der Waals surface area (Å²) < 4.78 is 0. The predicted octanol–water partition coefficient (Wildman–Crippen LogP) is 1.93. The van der Waals surface area contributed by atoms with Crippen LogP contribution in [-0.4, -0.2) is 30.6 Å². The maximum Gasteiger partial charge on any atom is 0.0216 e. The van der Waals surface area contributed by atoms with E-state index in [1.807, 2.05) is 0 Å². The molecule has 0 saturated carbocycles. The minimum Gasteiger partial charge on any atom is -0.309 e. The average Bonchev–Trinajstić information content (AvgIpc) is 2.74. The Morgan fingerprint density at radius 1 is 1.64 bits per heavy atom. The number of likely N-dealkylation sites (N-methyl/N-ethyl adjacent to an activating group) is 1.